The van der Waals surface area contributed by atoms with Crippen LogP contribution in [0.2, 0.25) is 0 Å². The first-order valence-corrected chi connectivity index (χ1v) is 10.5. The number of anilines is 2. The van der Waals surface area contributed by atoms with E-state index in [0.717, 1.165) is 32.5 Å². The number of amides is 1. The predicted octanol–water partition coefficient (Wildman–Crippen LogP) is 6.27. The maximum absolute atomic E-state index is 13.5. The molecule has 0 saturated heterocycles. The largest absolute Gasteiger partial charge is 0.378 e. The number of para-hydroxylation sites is 2. The molecule has 0 spiro atoms. The molecule has 3 aromatic rings. The van der Waals surface area contributed by atoms with E-state index in [-0.39, 0.29) is 17.5 Å². The predicted molar refractivity (Wildman–Crippen MR) is 124 cm³/mol. The fourth-order valence-corrected chi connectivity index (χ4v) is 4.34. The van der Waals surface area contributed by atoms with Crippen molar-refractivity contribution in [2.24, 2.45) is 0 Å². The Morgan fingerprint density at radius 2 is 1.61 bits per heavy atom. The zero-order valence-electron chi connectivity index (χ0n) is 16.0. The molecule has 4 heteroatoms. The van der Waals surface area contributed by atoms with Crippen molar-refractivity contribution in [1.29, 1.82) is 0 Å². The molecule has 1 amide bonds. The van der Waals surface area contributed by atoms with Gasteiger partial charge in [-0.25, -0.2) is 0 Å². The van der Waals surface area contributed by atoms with E-state index in [9.17, 15) is 4.79 Å². The molecule has 1 aliphatic heterocycles. The van der Waals surface area contributed by atoms with Crippen LogP contribution in [0.25, 0.3) is 0 Å². The van der Waals surface area contributed by atoms with Crippen molar-refractivity contribution in [2.45, 2.75) is 31.8 Å². The maximum Gasteiger partial charge on any atom is 0.258 e. The van der Waals surface area contributed by atoms with Gasteiger partial charge in [-0.05, 0) is 90.9 Å². The van der Waals surface area contributed by atoms with Crippen LogP contribution in [0.15, 0.2) is 78.9 Å². The molecular formula is C24H23IN2O. The number of hydrogen-bond acceptors (Lipinski definition) is 2. The van der Waals surface area contributed by atoms with Crippen LogP contribution in [0, 0.1) is 3.57 Å². The fraction of sp³-hybridized carbons (Fsp3) is 0.208. The number of halogens is 1. The SMILES string of the molecule is CC1(C)CC(Nc2ccccc2)c2ccccc2N1C(=O)c1ccc(I)cc1. The number of rotatable bonds is 3. The molecule has 1 atom stereocenters. The van der Waals surface area contributed by atoms with Gasteiger partial charge < -0.3 is 10.2 Å². The summed E-state index contributed by atoms with van der Waals surface area (Å²) >= 11 is 2.26. The highest BCUT2D eigenvalue weighted by molar-refractivity contribution is 14.1. The molecule has 1 heterocycles. The van der Waals surface area contributed by atoms with Crippen molar-refractivity contribution in [1.82, 2.24) is 0 Å². The van der Waals surface area contributed by atoms with Crippen molar-refractivity contribution >= 4 is 39.9 Å². The van der Waals surface area contributed by atoms with Gasteiger partial charge in [0.15, 0.2) is 0 Å². The molecule has 0 fully saturated rings. The second-order valence-electron chi connectivity index (χ2n) is 7.79. The Balaban J connectivity index is 1.74. The third kappa shape index (κ3) is 3.65. The number of fused-ring (bicyclic) bond motifs is 1. The van der Waals surface area contributed by atoms with Crippen molar-refractivity contribution < 1.29 is 4.79 Å². The van der Waals surface area contributed by atoms with Crippen LogP contribution < -0.4 is 10.2 Å². The highest BCUT2D eigenvalue weighted by Crippen LogP contribution is 2.44. The number of carbonyl (C=O) groups is 1. The summed E-state index contributed by atoms with van der Waals surface area (Å²) in [7, 11) is 0. The summed E-state index contributed by atoms with van der Waals surface area (Å²) in [5.74, 6) is 0.0482. The van der Waals surface area contributed by atoms with Gasteiger partial charge in [0.2, 0.25) is 0 Å². The highest BCUT2D eigenvalue weighted by Gasteiger charge is 2.41. The summed E-state index contributed by atoms with van der Waals surface area (Å²) < 4.78 is 1.12. The van der Waals surface area contributed by atoms with Crippen molar-refractivity contribution in [3.05, 3.63) is 93.6 Å². The van der Waals surface area contributed by atoms with E-state index in [1.807, 2.05) is 59.5 Å². The van der Waals surface area contributed by atoms with Gasteiger partial charge in [-0.2, -0.15) is 0 Å². The molecule has 142 valence electrons. The topological polar surface area (TPSA) is 32.3 Å². The Morgan fingerprint density at radius 3 is 2.32 bits per heavy atom. The maximum atomic E-state index is 13.5. The fourth-order valence-electron chi connectivity index (χ4n) is 3.98. The molecule has 3 aromatic carbocycles. The minimum atomic E-state index is -0.319. The van der Waals surface area contributed by atoms with Crippen molar-refractivity contribution in [3.63, 3.8) is 0 Å². The second-order valence-corrected chi connectivity index (χ2v) is 9.03. The van der Waals surface area contributed by atoms with E-state index in [1.54, 1.807) is 0 Å². The second kappa shape index (κ2) is 7.59. The van der Waals surface area contributed by atoms with Crippen LogP contribution in [0.4, 0.5) is 11.4 Å². The number of nitrogens with zero attached hydrogens (tertiary/aromatic N) is 1. The first-order valence-electron chi connectivity index (χ1n) is 9.46. The van der Waals surface area contributed by atoms with E-state index in [2.05, 4.69) is 66.0 Å². The third-order valence-electron chi connectivity index (χ3n) is 5.27. The van der Waals surface area contributed by atoms with E-state index >= 15 is 0 Å². The van der Waals surface area contributed by atoms with E-state index in [1.165, 1.54) is 0 Å². The van der Waals surface area contributed by atoms with Crippen molar-refractivity contribution in [2.75, 3.05) is 10.2 Å². The lowest BCUT2D eigenvalue weighted by atomic mass is 9.82. The van der Waals surface area contributed by atoms with Crippen LogP contribution in [0.3, 0.4) is 0 Å². The summed E-state index contributed by atoms with van der Waals surface area (Å²) in [5.41, 5.74) is 3.63. The van der Waals surface area contributed by atoms with Gasteiger partial charge in [-0.15, -0.1) is 0 Å². The van der Waals surface area contributed by atoms with E-state index in [4.69, 9.17) is 0 Å². The van der Waals surface area contributed by atoms with Gasteiger partial charge >= 0.3 is 0 Å². The van der Waals surface area contributed by atoms with Crippen molar-refractivity contribution in [3.8, 4) is 0 Å². The van der Waals surface area contributed by atoms with Crippen LogP contribution in [0.5, 0.6) is 0 Å². The quantitative estimate of drug-likeness (QED) is 0.446. The van der Waals surface area contributed by atoms with Crippen LogP contribution in [0.1, 0.15) is 42.2 Å². The molecule has 4 rings (SSSR count). The molecule has 1 aliphatic rings. The third-order valence-corrected chi connectivity index (χ3v) is 5.99. The Bertz CT molecular complexity index is 983. The summed E-state index contributed by atoms with van der Waals surface area (Å²) in [6, 6.07) is 26.4. The van der Waals surface area contributed by atoms with Gasteiger partial charge in [-0.3, -0.25) is 4.79 Å². The molecule has 0 aromatic heterocycles. The zero-order valence-corrected chi connectivity index (χ0v) is 18.2. The summed E-state index contributed by atoms with van der Waals surface area (Å²) in [6.07, 6.45) is 0.828. The summed E-state index contributed by atoms with van der Waals surface area (Å²) in [5, 5.41) is 3.66. The molecular weight excluding hydrogens is 459 g/mol. The number of hydrogen-bond donors (Lipinski definition) is 1. The molecule has 0 aliphatic carbocycles. The summed E-state index contributed by atoms with van der Waals surface area (Å²) in [4.78, 5) is 15.4. The van der Waals surface area contributed by atoms with Gasteiger partial charge in [-0.1, -0.05) is 36.4 Å². The summed E-state index contributed by atoms with van der Waals surface area (Å²) in [6.45, 7) is 4.29. The standard InChI is InChI=1S/C24H23IN2O/c1-24(2)16-21(26-19-8-4-3-5-9-19)20-10-6-7-11-22(20)27(24)23(28)17-12-14-18(25)15-13-17/h3-15,21,26H,16H2,1-2H3. The number of nitrogens with one attached hydrogen (secondary N) is 1. The molecule has 1 unspecified atom stereocenters. The monoisotopic (exact) mass is 482 g/mol. The average molecular weight is 482 g/mol. The van der Waals surface area contributed by atoms with Gasteiger partial charge in [0.25, 0.3) is 5.91 Å². The zero-order chi connectivity index (χ0) is 19.7. The van der Waals surface area contributed by atoms with Crippen LogP contribution in [-0.4, -0.2) is 11.4 Å². The molecule has 3 nitrogen and oxygen atoms in total. The Morgan fingerprint density at radius 1 is 0.964 bits per heavy atom. The van der Waals surface area contributed by atoms with Gasteiger partial charge in [0.1, 0.15) is 0 Å². The first kappa shape index (κ1) is 19.0. The van der Waals surface area contributed by atoms with E-state index < -0.39 is 0 Å². The Hall–Kier alpha value is -2.34. The number of benzene rings is 3. The molecule has 1 N–H and O–H groups in total. The van der Waals surface area contributed by atoms with Gasteiger partial charge in [0.05, 0.1) is 6.04 Å². The van der Waals surface area contributed by atoms with Crippen LogP contribution >= 0.6 is 22.6 Å². The lowest BCUT2D eigenvalue weighted by Crippen LogP contribution is -2.52. The molecule has 28 heavy (non-hydrogen) atoms. The minimum absolute atomic E-state index is 0.0482. The molecule has 0 radical (unpaired) electrons. The smallest absolute Gasteiger partial charge is 0.258 e. The van der Waals surface area contributed by atoms with Gasteiger partial charge in [0, 0.05) is 26.0 Å². The lowest BCUT2D eigenvalue weighted by Gasteiger charge is -2.47. The lowest BCUT2D eigenvalue weighted by molar-refractivity contribution is 0.0954. The Kier molecular flexibility index (Phi) is 5.15. The minimum Gasteiger partial charge on any atom is -0.378 e. The molecule has 0 saturated carbocycles. The Labute approximate surface area is 179 Å². The average Bonchev–Trinajstić information content (AvgIpc) is 2.68. The normalized spacial score (nSPS) is 17.7. The van der Waals surface area contributed by atoms with Crippen LogP contribution in [-0.2, 0) is 0 Å². The number of carbonyl (C=O) groups excluding carboxylic acids is 1. The van der Waals surface area contributed by atoms with E-state index in [0.29, 0.717) is 0 Å². The highest BCUT2D eigenvalue weighted by atomic mass is 127. The molecule has 0 bridgehead atoms. The first-order chi connectivity index (χ1) is 13.5.